The van der Waals surface area contributed by atoms with E-state index in [0.717, 1.165) is 5.56 Å². The van der Waals surface area contributed by atoms with Crippen molar-refractivity contribution in [1.29, 1.82) is 0 Å². The molecule has 2 aromatic rings. The van der Waals surface area contributed by atoms with E-state index in [1.54, 1.807) is 50.2 Å². The fraction of sp³-hybridized carbons (Fsp3) is 0.316. The van der Waals surface area contributed by atoms with Crippen LogP contribution in [0.4, 0.5) is 4.79 Å². The third-order valence-corrected chi connectivity index (χ3v) is 7.84. The second kappa shape index (κ2) is 10.4. The molecule has 0 aliphatic heterocycles. The number of benzene rings is 2. The summed E-state index contributed by atoms with van der Waals surface area (Å²) in [5.74, 6) is -1.25. The summed E-state index contributed by atoms with van der Waals surface area (Å²) in [7, 11) is -8.01. The van der Waals surface area contributed by atoms with Crippen LogP contribution in [0, 0.1) is 6.92 Å². The van der Waals surface area contributed by atoms with Gasteiger partial charge in [0, 0.05) is 5.02 Å². The van der Waals surface area contributed by atoms with Crippen molar-refractivity contribution in [3.8, 4) is 0 Å². The van der Waals surface area contributed by atoms with Crippen molar-refractivity contribution in [3.63, 3.8) is 0 Å². The Labute approximate surface area is 181 Å². The first-order chi connectivity index (χ1) is 14.1. The Morgan fingerprint density at radius 1 is 1.03 bits per heavy atom. The molecule has 1 atom stereocenters. The number of hydrogen-bond donors (Lipinski definition) is 2. The van der Waals surface area contributed by atoms with Gasteiger partial charge in [0.25, 0.3) is 10.0 Å². The lowest BCUT2D eigenvalue weighted by Gasteiger charge is -2.27. The molecule has 2 amide bonds. The van der Waals surface area contributed by atoms with E-state index in [9.17, 15) is 17.8 Å². The molecule has 0 spiro atoms. The van der Waals surface area contributed by atoms with E-state index in [1.165, 1.54) is 12.1 Å². The lowest BCUT2D eigenvalue weighted by Crippen LogP contribution is -2.41. The second-order valence-corrected chi connectivity index (χ2v) is 10.5. The van der Waals surface area contributed by atoms with Crippen LogP contribution in [0.5, 0.6) is 0 Å². The predicted octanol–water partition coefficient (Wildman–Crippen LogP) is 4.60. The minimum absolute atomic E-state index is 0.0618. The lowest BCUT2D eigenvalue weighted by molar-refractivity contribution is 0.204. The zero-order chi connectivity index (χ0) is 22.4. The lowest BCUT2D eigenvalue weighted by atomic mass is 10.2. The Kier molecular flexibility index (Phi) is 8.46. The first-order valence-corrected chi connectivity index (χ1v) is 12.6. The number of carbonyl (C=O) groups excluding carboxylic acids is 1. The average Bonchev–Trinajstić information content (AvgIpc) is 2.67. The van der Waals surface area contributed by atoms with Gasteiger partial charge in [0.05, 0.1) is 18.1 Å². The molecule has 0 fully saturated rings. The standard InChI is InChI=1S/C19H24ClN2O6PS/c1-4-27-29(24,28-5-2)18(15-8-10-16(20)11-9-15)21-19(23)22-30(25,26)17-12-6-14(3)7-13-17/h6-13,18H,4-5H2,1-3H3,(H2,21,22,23). The number of hydrogen-bond acceptors (Lipinski definition) is 6. The molecule has 30 heavy (non-hydrogen) atoms. The van der Waals surface area contributed by atoms with Gasteiger partial charge in [-0.2, -0.15) is 0 Å². The third kappa shape index (κ3) is 6.30. The van der Waals surface area contributed by atoms with Crippen LogP contribution >= 0.6 is 19.2 Å². The zero-order valence-electron chi connectivity index (χ0n) is 16.8. The van der Waals surface area contributed by atoms with Gasteiger partial charge < -0.3 is 14.4 Å². The van der Waals surface area contributed by atoms with E-state index in [0.29, 0.717) is 10.6 Å². The fourth-order valence-electron chi connectivity index (χ4n) is 2.59. The molecule has 2 aromatic carbocycles. The number of amides is 2. The highest BCUT2D eigenvalue weighted by Gasteiger charge is 2.38. The van der Waals surface area contributed by atoms with Gasteiger partial charge in [-0.05, 0) is 50.6 Å². The average molecular weight is 475 g/mol. The van der Waals surface area contributed by atoms with Crippen LogP contribution in [-0.4, -0.2) is 27.7 Å². The summed E-state index contributed by atoms with van der Waals surface area (Å²) in [5, 5.41) is 2.85. The van der Waals surface area contributed by atoms with Crippen LogP contribution in [0.15, 0.2) is 53.4 Å². The largest absolute Gasteiger partial charge is 0.357 e. The molecule has 0 bridgehead atoms. The zero-order valence-corrected chi connectivity index (χ0v) is 19.3. The monoisotopic (exact) mass is 474 g/mol. The maximum atomic E-state index is 13.3. The third-order valence-electron chi connectivity index (χ3n) is 3.95. The molecule has 0 aliphatic rings. The SMILES string of the molecule is CCOP(=O)(OCC)C(NC(=O)NS(=O)(=O)c1ccc(C)cc1)c1ccc(Cl)cc1. The first-order valence-electron chi connectivity index (χ1n) is 9.15. The van der Waals surface area contributed by atoms with E-state index in [-0.39, 0.29) is 18.1 Å². The Bertz CT molecular complexity index is 1000. The molecule has 2 rings (SSSR count). The highest BCUT2D eigenvalue weighted by Crippen LogP contribution is 2.59. The van der Waals surface area contributed by atoms with Gasteiger partial charge in [-0.25, -0.2) is 17.9 Å². The summed E-state index contributed by atoms with van der Waals surface area (Å²) in [6.07, 6.45) is 0. The molecular formula is C19H24ClN2O6PS. The van der Waals surface area contributed by atoms with Gasteiger partial charge in [0.1, 0.15) is 0 Å². The van der Waals surface area contributed by atoms with Crippen molar-refractivity contribution in [1.82, 2.24) is 10.0 Å². The van der Waals surface area contributed by atoms with Gasteiger partial charge in [-0.15, -0.1) is 0 Å². The van der Waals surface area contributed by atoms with Gasteiger partial charge in [-0.1, -0.05) is 41.4 Å². The summed E-state index contributed by atoms with van der Waals surface area (Å²) >= 11 is 5.91. The molecule has 8 nitrogen and oxygen atoms in total. The van der Waals surface area contributed by atoms with E-state index in [2.05, 4.69) is 5.32 Å². The van der Waals surface area contributed by atoms with Crippen molar-refractivity contribution in [2.24, 2.45) is 0 Å². The van der Waals surface area contributed by atoms with Crippen molar-refractivity contribution < 1.29 is 26.8 Å². The van der Waals surface area contributed by atoms with Gasteiger partial charge >= 0.3 is 13.6 Å². The molecule has 0 aromatic heterocycles. The summed E-state index contributed by atoms with van der Waals surface area (Å²) in [6, 6.07) is 11.1. The van der Waals surface area contributed by atoms with E-state index >= 15 is 0 Å². The molecule has 0 radical (unpaired) electrons. The van der Waals surface area contributed by atoms with Crippen LogP contribution in [0.3, 0.4) is 0 Å². The van der Waals surface area contributed by atoms with Crippen LogP contribution < -0.4 is 10.0 Å². The summed E-state index contributed by atoms with van der Waals surface area (Å²) in [5.41, 5.74) is 1.25. The number of halogens is 1. The van der Waals surface area contributed by atoms with E-state index < -0.39 is 29.4 Å². The van der Waals surface area contributed by atoms with Gasteiger partial charge in [-0.3, -0.25) is 4.57 Å². The van der Waals surface area contributed by atoms with Crippen LogP contribution in [0.1, 0.15) is 30.8 Å². The van der Waals surface area contributed by atoms with Crippen molar-refractivity contribution >= 4 is 35.3 Å². The summed E-state index contributed by atoms with van der Waals surface area (Å²) in [4.78, 5) is 12.5. The van der Waals surface area contributed by atoms with E-state index in [4.69, 9.17) is 20.6 Å². The Morgan fingerprint density at radius 2 is 1.57 bits per heavy atom. The second-order valence-electron chi connectivity index (χ2n) is 6.22. The van der Waals surface area contributed by atoms with Gasteiger partial charge in [0.15, 0.2) is 5.78 Å². The van der Waals surface area contributed by atoms with Crippen molar-refractivity contribution in [3.05, 3.63) is 64.7 Å². The molecule has 164 valence electrons. The number of sulfonamides is 1. The number of nitrogens with one attached hydrogen (secondary N) is 2. The Hall–Kier alpha value is -1.90. The predicted molar refractivity (Wildman–Crippen MR) is 115 cm³/mol. The maximum absolute atomic E-state index is 13.3. The maximum Gasteiger partial charge on any atom is 0.357 e. The number of aryl methyl sites for hydroxylation is 1. The summed E-state index contributed by atoms with van der Waals surface area (Å²) < 4.78 is 51.0. The van der Waals surface area contributed by atoms with E-state index in [1.807, 2.05) is 11.6 Å². The first kappa shape index (κ1) is 24.4. The Morgan fingerprint density at radius 3 is 2.07 bits per heavy atom. The minimum Gasteiger partial charge on any atom is -0.319 e. The fourth-order valence-corrected chi connectivity index (χ4v) is 5.53. The molecule has 0 aliphatic carbocycles. The topological polar surface area (TPSA) is 111 Å². The van der Waals surface area contributed by atoms with Crippen LogP contribution in [-0.2, 0) is 23.6 Å². The molecular weight excluding hydrogens is 451 g/mol. The number of urea groups is 1. The molecule has 0 heterocycles. The van der Waals surface area contributed by atoms with Crippen LogP contribution in [0.25, 0.3) is 0 Å². The number of rotatable bonds is 9. The highest BCUT2D eigenvalue weighted by molar-refractivity contribution is 7.90. The molecule has 0 saturated carbocycles. The quantitative estimate of drug-likeness (QED) is 0.514. The van der Waals surface area contributed by atoms with Crippen molar-refractivity contribution in [2.45, 2.75) is 31.4 Å². The Balaban J connectivity index is 2.32. The smallest absolute Gasteiger partial charge is 0.319 e. The van der Waals surface area contributed by atoms with Crippen LogP contribution in [0.2, 0.25) is 5.02 Å². The molecule has 11 heteroatoms. The highest BCUT2D eigenvalue weighted by atomic mass is 35.5. The minimum atomic E-state index is -4.14. The molecule has 1 unspecified atom stereocenters. The number of carbonyl (C=O) groups is 1. The molecule has 2 N–H and O–H groups in total. The summed E-state index contributed by atoms with van der Waals surface area (Å²) in [6.45, 7) is 5.20. The normalized spacial score (nSPS) is 12.9. The van der Waals surface area contributed by atoms with Crippen molar-refractivity contribution in [2.75, 3.05) is 13.2 Å². The molecule has 0 saturated heterocycles. The van der Waals surface area contributed by atoms with Gasteiger partial charge in [0.2, 0.25) is 0 Å².